The number of piperazine rings is 1. The van der Waals surface area contributed by atoms with Gasteiger partial charge in [0.15, 0.2) is 0 Å². The summed E-state index contributed by atoms with van der Waals surface area (Å²) in [6.07, 6.45) is 0.825. The van der Waals surface area contributed by atoms with Gasteiger partial charge < -0.3 is 25.5 Å². The molecule has 4 aromatic heterocycles. The molecule has 0 radical (unpaired) electrons. The number of halogens is 3. The van der Waals surface area contributed by atoms with Crippen LogP contribution in [-0.4, -0.2) is 67.1 Å². The number of carbonyl (C=O) groups excluding carboxylic acids is 1. The third-order valence-corrected chi connectivity index (χ3v) is 7.17. The predicted molar refractivity (Wildman–Crippen MR) is 146 cm³/mol. The van der Waals surface area contributed by atoms with Gasteiger partial charge in [0.05, 0.1) is 28.9 Å². The van der Waals surface area contributed by atoms with Gasteiger partial charge in [0.1, 0.15) is 17.5 Å². The quantitative estimate of drug-likeness (QED) is 0.293. The average molecular weight is 577 g/mol. The van der Waals surface area contributed by atoms with Crippen molar-refractivity contribution in [3.63, 3.8) is 0 Å². The second kappa shape index (κ2) is 10.6. The van der Waals surface area contributed by atoms with Crippen molar-refractivity contribution < 1.29 is 27.9 Å². The number of hydrogen-bond donors (Lipinski definition) is 3. The Labute approximate surface area is 237 Å². The molecule has 0 spiro atoms. The highest BCUT2D eigenvalue weighted by Gasteiger charge is 2.45. The fraction of sp³-hybridized carbons (Fsp3) is 0.214. The molecule has 0 aliphatic carbocycles. The molecule has 2 aliphatic heterocycles. The number of carbonyl (C=O) groups is 2. The molecule has 42 heavy (non-hydrogen) atoms. The van der Waals surface area contributed by atoms with E-state index in [0.29, 0.717) is 47.8 Å². The minimum atomic E-state index is -4.55. The van der Waals surface area contributed by atoms with Crippen molar-refractivity contribution in [2.24, 2.45) is 0 Å². The summed E-state index contributed by atoms with van der Waals surface area (Å²) in [5, 5.41) is 15.0. The number of anilines is 4. The molecule has 2 bridgehead atoms. The number of carboxylic acid groups (broad SMARTS) is 1. The van der Waals surface area contributed by atoms with E-state index in [0.717, 1.165) is 18.3 Å². The molecular formula is C28H23F3N8O3. The van der Waals surface area contributed by atoms with E-state index in [2.05, 4.69) is 35.5 Å². The molecule has 14 heteroatoms. The van der Waals surface area contributed by atoms with Gasteiger partial charge in [-0.05, 0) is 48.9 Å². The van der Waals surface area contributed by atoms with Crippen LogP contribution in [0.4, 0.5) is 41.1 Å². The highest BCUT2D eigenvalue weighted by Crippen LogP contribution is 2.36. The van der Waals surface area contributed by atoms with Gasteiger partial charge in [-0.2, -0.15) is 13.2 Å². The van der Waals surface area contributed by atoms with E-state index in [-0.39, 0.29) is 23.7 Å². The number of rotatable bonds is 6. The van der Waals surface area contributed by atoms with Crippen LogP contribution in [0, 0.1) is 0 Å². The zero-order valence-corrected chi connectivity index (χ0v) is 21.8. The lowest BCUT2D eigenvalue weighted by atomic mass is 10.1. The first-order valence-corrected chi connectivity index (χ1v) is 12.9. The van der Waals surface area contributed by atoms with Crippen LogP contribution in [0.1, 0.15) is 22.3 Å². The van der Waals surface area contributed by atoms with Crippen LogP contribution < -0.4 is 15.5 Å². The summed E-state index contributed by atoms with van der Waals surface area (Å²) in [6.45, 7) is 0.897. The third-order valence-electron chi connectivity index (χ3n) is 7.17. The van der Waals surface area contributed by atoms with E-state index >= 15 is 0 Å². The van der Waals surface area contributed by atoms with Gasteiger partial charge in [-0.15, -0.1) is 0 Å². The molecule has 6 rings (SSSR count). The fourth-order valence-electron chi connectivity index (χ4n) is 5.24. The second-order valence-electron chi connectivity index (χ2n) is 9.91. The number of fused-ring (bicyclic) bond motifs is 2. The van der Waals surface area contributed by atoms with E-state index in [4.69, 9.17) is 0 Å². The lowest BCUT2D eigenvalue weighted by molar-refractivity contribution is -0.137. The Morgan fingerprint density at radius 3 is 2.50 bits per heavy atom. The van der Waals surface area contributed by atoms with Crippen molar-refractivity contribution in [3.8, 4) is 11.3 Å². The van der Waals surface area contributed by atoms with Gasteiger partial charge in [0.2, 0.25) is 0 Å². The van der Waals surface area contributed by atoms with Crippen molar-refractivity contribution in [1.82, 2.24) is 24.8 Å². The smallest absolute Gasteiger partial charge is 0.416 e. The van der Waals surface area contributed by atoms with E-state index in [1.54, 1.807) is 30.5 Å². The first-order valence-electron chi connectivity index (χ1n) is 12.9. The van der Waals surface area contributed by atoms with Crippen molar-refractivity contribution in [1.29, 1.82) is 0 Å². The zero-order valence-electron chi connectivity index (χ0n) is 21.8. The van der Waals surface area contributed by atoms with Crippen LogP contribution in [0.5, 0.6) is 0 Å². The van der Waals surface area contributed by atoms with Crippen LogP contribution in [0.15, 0.2) is 73.3 Å². The highest BCUT2D eigenvalue weighted by atomic mass is 19.4. The summed E-state index contributed by atoms with van der Waals surface area (Å²) in [4.78, 5) is 44.9. The van der Waals surface area contributed by atoms with Crippen molar-refractivity contribution in [2.45, 2.75) is 24.7 Å². The molecule has 4 aromatic rings. The van der Waals surface area contributed by atoms with Crippen molar-refractivity contribution >= 4 is 35.1 Å². The molecule has 2 aliphatic rings. The monoisotopic (exact) mass is 576 g/mol. The molecule has 0 aromatic carbocycles. The van der Waals surface area contributed by atoms with Gasteiger partial charge in [-0.25, -0.2) is 19.7 Å². The highest BCUT2D eigenvalue weighted by molar-refractivity contribution is 6.04. The molecule has 0 unspecified atom stereocenters. The van der Waals surface area contributed by atoms with E-state index < -0.39 is 23.7 Å². The summed E-state index contributed by atoms with van der Waals surface area (Å²) in [7, 11) is 0. The van der Waals surface area contributed by atoms with Gasteiger partial charge in [0.25, 0.3) is 5.91 Å². The standard InChI is InChI=1S/C28H23F3N8O3/c29-28(30,31)18-4-7-33-23(9-18)37-24-11-19(35-26(40)17-2-1-5-32-13-17)10-22(36-24)16-3-6-34-25(8-16)38-14-21-12-20(38)15-39(21)27(41)42/h1-11,13,20-21H,12,14-15H2,(H,41,42)(H2,33,35,36,37,40)/t20-,21-/m0/s1. The van der Waals surface area contributed by atoms with E-state index in [1.165, 1.54) is 23.4 Å². The second-order valence-corrected chi connectivity index (χ2v) is 9.91. The molecule has 6 heterocycles. The van der Waals surface area contributed by atoms with Crippen LogP contribution >= 0.6 is 0 Å². The predicted octanol–water partition coefficient (Wildman–Crippen LogP) is 4.89. The molecule has 2 saturated heterocycles. The van der Waals surface area contributed by atoms with Gasteiger partial charge in [0, 0.05) is 55.2 Å². The molecular weight excluding hydrogens is 553 g/mol. The Morgan fingerprint density at radius 1 is 0.952 bits per heavy atom. The molecule has 11 nitrogen and oxygen atoms in total. The van der Waals surface area contributed by atoms with Gasteiger partial charge in [-0.1, -0.05) is 0 Å². The SMILES string of the molecule is O=C(Nc1cc(Nc2cc(C(F)(F)F)ccn2)nc(-c2ccnc(N3C[C@@H]4C[C@H]3CN4C(=O)O)c2)c1)c1cccnc1. The van der Waals surface area contributed by atoms with Crippen molar-refractivity contribution in [3.05, 3.63) is 84.4 Å². The molecule has 214 valence electrons. The van der Waals surface area contributed by atoms with Crippen LogP contribution in [0.25, 0.3) is 11.3 Å². The molecule has 0 saturated carbocycles. The van der Waals surface area contributed by atoms with Crippen LogP contribution in [-0.2, 0) is 6.18 Å². The number of likely N-dealkylation sites (tertiary alicyclic amines) is 1. The van der Waals surface area contributed by atoms with Crippen molar-refractivity contribution in [2.75, 3.05) is 28.6 Å². The Balaban J connectivity index is 1.33. The summed E-state index contributed by atoms with van der Waals surface area (Å²) in [6, 6.07) is 11.5. The fourth-order valence-corrected chi connectivity index (χ4v) is 5.24. The molecule has 2 fully saturated rings. The van der Waals surface area contributed by atoms with E-state index in [9.17, 15) is 27.9 Å². The van der Waals surface area contributed by atoms with Gasteiger partial charge >= 0.3 is 12.3 Å². The summed E-state index contributed by atoms with van der Waals surface area (Å²) in [5.74, 6) is 0.280. The first kappa shape index (κ1) is 26.9. The topological polar surface area (TPSA) is 136 Å². The normalized spacial score (nSPS) is 17.8. The largest absolute Gasteiger partial charge is 0.465 e. The zero-order chi connectivity index (χ0) is 29.4. The lowest BCUT2D eigenvalue weighted by Crippen LogP contribution is -2.48. The Kier molecular flexibility index (Phi) is 6.80. The van der Waals surface area contributed by atoms with Crippen LogP contribution in [0.2, 0.25) is 0 Å². The maximum absolute atomic E-state index is 13.3. The Hall–Kier alpha value is -5.27. The lowest BCUT2D eigenvalue weighted by Gasteiger charge is -2.33. The maximum Gasteiger partial charge on any atom is 0.416 e. The Bertz CT molecular complexity index is 1650. The molecule has 2 atom stereocenters. The van der Waals surface area contributed by atoms with Crippen LogP contribution in [0.3, 0.4) is 0 Å². The molecule has 2 amide bonds. The Morgan fingerprint density at radius 2 is 1.79 bits per heavy atom. The summed E-state index contributed by atoms with van der Waals surface area (Å²) >= 11 is 0. The minimum Gasteiger partial charge on any atom is -0.465 e. The first-order chi connectivity index (χ1) is 20.1. The molecule has 3 N–H and O–H groups in total. The number of pyridine rings is 4. The number of nitrogens with one attached hydrogen (secondary N) is 2. The number of amides is 2. The number of nitrogens with zero attached hydrogens (tertiary/aromatic N) is 6. The summed E-state index contributed by atoms with van der Waals surface area (Å²) < 4.78 is 39.8. The number of aromatic nitrogens is 4. The number of alkyl halides is 3. The van der Waals surface area contributed by atoms with E-state index in [1.807, 2.05) is 6.07 Å². The average Bonchev–Trinajstić information content (AvgIpc) is 3.59. The minimum absolute atomic E-state index is 0.00359. The maximum atomic E-state index is 13.3. The van der Waals surface area contributed by atoms with Gasteiger partial charge in [-0.3, -0.25) is 9.78 Å². The number of hydrogen-bond acceptors (Lipinski definition) is 8. The summed E-state index contributed by atoms with van der Waals surface area (Å²) in [5.41, 5.74) is 0.819. The third kappa shape index (κ3) is 5.50.